The molecule has 0 saturated heterocycles. The van der Waals surface area contributed by atoms with E-state index < -0.39 is 0 Å². The lowest BCUT2D eigenvalue weighted by Crippen LogP contribution is -2.39. The molecule has 1 aliphatic rings. The summed E-state index contributed by atoms with van der Waals surface area (Å²) in [5.74, 6) is 0.629. The monoisotopic (exact) mass is 323 g/mol. The molecule has 1 N–H and O–H groups in total. The molecule has 1 amide bonds. The zero-order valence-electron chi connectivity index (χ0n) is 11.7. The molecule has 19 heavy (non-hydrogen) atoms. The molecule has 1 fully saturated rings. The SMILES string of the molecule is Cc1cccc(C(=O)NC2CCCCCC2C)c1Br. The number of benzene rings is 1. The Morgan fingerprint density at radius 3 is 2.79 bits per heavy atom. The highest BCUT2D eigenvalue weighted by Gasteiger charge is 2.22. The Hall–Kier alpha value is -0.830. The summed E-state index contributed by atoms with van der Waals surface area (Å²) in [6.07, 6.45) is 6.15. The molecule has 0 aliphatic heterocycles. The lowest BCUT2D eigenvalue weighted by atomic mass is 9.96. The quantitative estimate of drug-likeness (QED) is 0.800. The predicted octanol–water partition coefficient (Wildman–Crippen LogP) is 4.46. The van der Waals surface area contributed by atoms with Crippen LogP contribution in [0.1, 0.15) is 54.9 Å². The van der Waals surface area contributed by atoms with Crippen molar-refractivity contribution in [3.8, 4) is 0 Å². The van der Waals surface area contributed by atoms with Crippen LogP contribution >= 0.6 is 15.9 Å². The molecule has 1 saturated carbocycles. The van der Waals surface area contributed by atoms with Gasteiger partial charge in [-0.2, -0.15) is 0 Å². The molecular weight excluding hydrogens is 302 g/mol. The summed E-state index contributed by atoms with van der Waals surface area (Å²) in [5, 5.41) is 3.22. The minimum absolute atomic E-state index is 0.0503. The molecule has 0 radical (unpaired) electrons. The van der Waals surface area contributed by atoms with E-state index in [1.165, 1.54) is 25.7 Å². The predicted molar refractivity (Wildman–Crippen MR) is 82.4 cm³/mol. The number of rotatable bonds is 2. The molecule has 0 heterocycles. The summed E-state index contributed by atoms with van der Waals surface area (Å²) >= 11 is 3.52. The number of hydrogen-bond donors (Lipinski definition) is 1. The highest BCUT2D eigenvalue weighted by atomic mass is 79.9. The molecule has 1 aliphatic carbocycles. The van der Waals surface area contributed by atoms with Crippen LogP contribution in [0.5, 0.6) is 0 Å². The van der Waals surface area contributed by atoms with Gasteiger partial charge in [0.15, 0.2) is 0 Å². The van der Waals surface area contributed by atoms with Crippen LogP contribution in [0.3, 0.4) is 0 Å². The average molecular weight is 324 g/mol. The zero-order valence-corrected chi connectivity index (χ0v) is 13.3. The molecule has 3 heteroatoms. The van der Waals surface area contributed by atoms with Gasteiger partial charge in [0.2, 0.25) is 0 Å². The minimum atomic E-state index is 0.0503. The van der Waals surface area contributed by atoms with Crippen molar-refractivity contribution in [2.24, 2.45) is 5.92 Å². The number of amides is 1. The topological polar surface area (TPSA) is 29.1 Å². The van der Waals surface area contributed by atoms with Gasteiger partial charge in [0, 0.05) is 10.5 Å². The van der Waals surface area contributed by atoms with Gasteiger partial charge >= 0.3 is 0 Å². The summed E-state index contributed by atoms with van der Waals surface area (Å²) in [7, 11) is 0. The van der Waals surface area contributed by atoms with Gasteiger partial charge in [-0.15, -0.1) is 0 Å². The summed E-state index contributed by atoms with van der Waals surface area (Å²) in [5.41, 5.74) is 1.85. The van der Waals surface area contributed by atoms with Crippen molar-refractivity contribution < 1.29 is 4.79 Å². The molecule has 1 aromatic rings. The normalized spacial score (nSPS) is 23.7. The van der Waals surface area contributed by atoms with Crippen LogP contribution in [-0.4, -0.2) is 11.9 Å². The molecule has 0 spiro atoms. The van der Waals surface area contributed by atoms with Gasteiger partial charge in [0.25, 0.3) is 5.91 Å². The van der Waals surface area contributed by atoms with Gasteiger partial charge in [-0.1, -0.05) is 38.3 Å². The van der Waals surface area contributed by atoms with E-state index in [-0.39, 0.29) is 5.91 Å². The first kappa shape index (κ1) is 14.6. The first-order chi connectivity index (χ1) is 9.09. The van der Waals surface area contributed by atoms with Crippen LogP contribution in [0.25, 0.3) is 0 Å². The fourth-order valence-electron chi connectivity index (χ4n) is 2.78. The average Bonchev–Trinajstić information content (AvgIpc) is 2.58. The minimum Gasteiger partial charge on any atom is -0.349 e. The first-order valence-corrected chi connectivity index (χ1v) is 7.95. The van der Waals surface area contributed by atoms with Crippen molar-refractivity contribution >= 4 is 21.8 Å². The van der Waals surface area contributed by atoms with Crippen molar-refractivity contribution in [1.82, 2.24) is 5.32 Å². The van der Waals surface area contributed by atoms with E-state index in [2.05, 4.69) is 28.2 Å². The lowest BCUT2D eigenvalue weighted by molar-refractivity contribution is 0.0920. The molecular formula is C16H22BrNO. The Balaban J connectivity index is 2.09. The molecule has 2 atom stereocenters. The Kier molecular flexibility index (Phi) is 5.03. The van der Waals surface area contributed by atoms with Crippen LogP contribution in [0, 0.1) is 12.8 Å². The second-order valence-corrected chi connectivity index (χ2v) is 6.42. The van der Waals surface area contributed by atoms with E-state index in [0.29, 0.717) is 12.0 Å². The first-order valence-electron chi connectivity index (χ1n) is 7.15. The smallest absolute Gasteiger partial charge is 0.252 e. The van der Waals surface area contributed by atoms with Gasteiger partial charge < -0.3 is 5.32 Å². The van der Waals surface area contributed by atoms with Crippen LogP contribution in [0.15, 0.2) is 22.7 Å². The largest absolute Gasteiger partial charge is 0.349 e. The zero-order chi connectivity index (χ0) is 13.8. The van der Waals surface area contributed by atoms with Crippen LogP contribution in [-0.2, 0) is 0 Å². The van der Waals surface area contributed by atoms with Gasteiger partial charge in [-0.25, -0.2) is 0 Å². The van der Waals surface area contributed by atoms with E-state index in [1.54, 1.807) is 0 Å². The van der Waals surface area contributed by atoms with E-state index in [0.717, 1.165) is 22.0 Å². The lowest BCUT2D eigenvalue weighted by Gasteiger charge is -2.23. The summed E-state index contributed by atoms with van der Waals surface area (Å²) < 4.78 is 0.911. The number of nitrogens with one attached hydrogen (secondary N) is 1. The van der Waals surface area contributed by atoms with E-state index >= 15 is 0 Å². The van der Waals surface area contributed by atoms with Crippen LogP contribution in [0.4, 0.5) is 0 Å². The summed E-state index contributed by atoms with van der Waals surface area (Å²) in [4.78, 5) is 12.4. The second-order valence-electron chi connectivity index (χ2n) is 5.63. The van der Waals surface area contributed by atoms with Gasteiger partial charge in [-0.05, 0) is 53.2 Å². The Labute approximate surface area is 124 Å². The maximum absolute atomic E-state index is 12.4. The summed E-state index contributed by atoms with van der Waals surface area (Å²) in [6.45, 7) is 4.26. The van der Waals surface area contributed by atoms with Gasteiger partial charge in [-0.3, -0.25) is 4.79 Å². The van der Waals surface area contributed by atoms with Crippen molar-refractivity contribution in [2.75, 3.05) is 0 Å². The Morgan fingerprint density at radius 2 is 2.00 bits per heavy atom. The molecule has 1 aromatic carbocycles. The van der Waals surface area contributed by atoms with Crippen molar-refractivity contribution in [3.05, 3.63) is 33.8 Å². The molecule has 0 bridgehead atoms. The molecule has 0 aromatic heterocycles. The molecule has 2 nitrogen and oxygen atoms in total. The Morgan fingerprint density at radius 1 is 1.26 bits per heavy atom. The molecule has 2 rings (SSSR count). The number of aryl methyl sites for hydroxylation is 1. The van der Waals surface area contributed by atoms with Crippen LogP contribution < -0.4 is 5.32 Å². The third kappa shape index (κ3) is 3.59. The number of halogens is 1. The van der Waals surface area contributed by atoms with E-state index in [1.807, 2.05) is 25.1 Å². The van der Waals surface area contributed by atoms with E-state index in [9.17, 15) is 4.79 Å². The number of hydrogen-bond acceptors (Lipinski definition) is 1. The number of carbonyl (C=O) groups excluding carboxylic acids is 1. The standard InChI is InChI=1S/C16H22BrNO/c1-11-7-4-3-5-10-14(11)18-16(19)13-9-6-8-12(2)15(13)17/h6,8-9,11,14H,3-5,7,10H2,1-2H3,(H,18,19). The van der Waals surface area contributed by atoms with Crippen molar-refractivity contribution in [2.45, 2.75) is 52.0 Å². The highest BCUT2D eigenvalue weighted by Crippen LogP contribution is 2.25. The Bertz CT molecular complexity index is 458. The maximum Gasteiger partial charge on any atom is 0.252 e. The molecule has 104 valence electrons. The van der Waals surface area contributed by atoms with Crippen LogP contribution in [0.2, 0.25) is 0 Å². The third-order valence-corrected chi connectivity index (χ3v) is 5.17. The highest BCUT2D eigenvalue weighted by molar-refractivity contribution is 9.10. The van der Waals surface area contributed by atoms with Gasteiger partial charge in [0.05, 0.1) is 5.56 Å². The van der Waals surface area contributed by atoms with Crippen molar-refractivity contribution in [1.29, 1.82) is 0 Å². The molecule has 2 unspecified atom stereocenters. The number of carbonyl (C=O) groups is 1. The third-order valence-electron chi connectivity index (χ3n) is 4.11. The summed E-state index contributed by atoms with van der Waals surface area (Å²) in [6, 6.07) is 6.15. The second kappa shape index (κ2) is 6.56. The van der Waals surface area contributed by atoms with Gasteiger partial charge in [0.1, 0.15) is 0 Å². The fourth-order valence-corrected chi connectivity index (χ4v) is 3.22. The maximum atomic E-state index is 12.4. The van der Waals surface area contributed by atoms with E-state index in [4.69, 9.17) is 0 Å². The fraction of sp³-hybridized carbons (Fsp3) is 0.562. The van der Waals surface area contributed by atoms with Crippen molar-refractivity contribution in [3.63, 3.8) is 0 Å².